The third kappa shape index (κ3) is 2.22. The van der Waals surface area contributed by atoms with Gasteiger partial charge in [0, 0.05) is 19.8 Å². The highest BCUT2D eigenvalue weighted by atomic mass is 15.1. The lowest BCUT2D eigenvalue weighted by molar-refractivity contribution is 1.13. The van der Waals surface area contributed by atoms with Crippen LogP contribution < -0.4 is 4.90 Å². The van der Waals surface area contributed by atoms with Gasteiger partial charge in [-0.25, -0.2) is 0 Å². The van der Waals surface area contributed by atoms with Gasteiger partial charge in [-0.1, -0.05) is 31.4 Å². The second kappa shape index (κ2) is 3.94. The maximum absolute atomic E-state index is 3.89. The van der Waals surface area contributed by atoms with Gasteiger partial charge in [0.1, 0.15) is 0 Å². The number of benzene rings is 1. The first kappa shape index (κ1) is 9.59. The molecule has 1 aromatic rings. The number of allylic oxidation sites excluding steroid dienone is 2. The third-order valence-electron chi connectivity index (χ3n) is 2.00. The molecule has 0 amide bonds. The topological polar surface area (TPSA) is 3.24 Å². The summed E-state index contributed by atoms with van der Waals surface area (Å²) >= 11 is 0. The van der Waals surface area contributed by atoms with Gasteiger partial charge in [0.25, 0.3) is 0 Å². The monoisotopic (exact) mass is 173 g/mol. The van der Waals surface area contributed by atoms with Crippen molar-refractivity contribution in [3.8, 4) is 0 Å². The Kier molecular flexibility index (Phi) is 2.91. The Morgan fingerprint density at radius 3 is 2.15 bits per heavy atom. The molecule has 0 aliphatic rings. The fraction of sp³-hybridized carbons (Fsp3) is 0.167. The van der Waals surface area contributed by atoms with Crippen molar-refractivity contribution in [1.29, 1.82) is 0 Å². The molecule has 68 valence electrons. The molecule has 0 spiro atoms. The van der Waals surface area contributed by atoms with E-state index in [2.05, 4.69) is 42.3 Å². The van der Waals surface area contributed by atoms with Crippen LogP contribution in [0.25, 0.3) is 5.57 Å². The Morgan fingerprint density at radius 1 is 1.23 bits per heavy atom. The molecule has 1 nitrogen and oxygen atoms in total. The molecule has 0 bridgehead atoms. The van der Waals surface area contributed by atoms with Crippen LogP contribution in [0, 0.1) is 0 Å². The minimum absolute atomic E-state index is 0.963. The molecule has 0 saturated carbocycles. The van der Waals surface area contributed by atoms with Crippen molar-refractivity contribution in [3.05, 3.63) is 49.1 Å². The molecular formula is C12H15N. The van der Waals surface area contributed by atoms with E-state index in [1.54, 1.807) is 6.08 Å². The van der Waals surface area contributed by atoms with Gasteiger partial charge >= 0.3 is 0 Å². The summed E-state index contributed by atoms with van der Waals surface area (Å²) in [6.07, 6.45) is 1.77. The largest absolute Gasteiger partial charge is 0.378 e. The second-order valence-corrected chi connectivity index (χ2v) is 3.17. The molecule has 1 aromatic carbocycles. The number of hydrogen-bond donors (Lipinski definition) is 0. The number of hydrogen-bond acceptors (Lipinski definition) is 1. The number of rotatable bonds is 3. The highest BCUT2D eigenvalue weighted by Crippen LogP contribution is 2.17. The van der Waals surface area contributed by atoms with Crippen molar-refractivity contribution in [2.75, 3.05) is 19.0 Å². The van der Waals surface area contributed by atoms with Crippen LogP contribution in [-0.2, 0) is 0 Å². The van der Waals surface area contributed by atoms with Gasteiger partial charge in [0.05, 0.1) is 0 Å². The molecule has 0 fully saturated rings. The molecule has 1 rings (SSSR count). The van der Waals surface area contributed by atoms with E-state index >= 15 is 0 Å². The lowest BCUT2D eigenvalue weighted by atomic mass is 10.1. The fourth-order valence-electron chi connectivity index (χ4n) is 1.09. The Morgan fingerprint density at radius 2 is 1.77 bits per heavy atom. The normalized spacial score (nSPS) is 9.38. The zero-order valence-electron chi connectivity index (χ0n) is 8.25. The Bertz CT molecular complexity index is 306. The summed E-state index contributed by atoms with van der Waals surface area (Å²) in [4.78, 5) is 2.07. The molecule has 0 unspecified atom stereocenters. The molecule has 0 saturated heterocycles. The van der Waals surface area contributed by atoms with Crippen molar-refractivity contribution in [2.24, 2.45) is 0 Å². The molecule has 0 aliphatic carbocycles. The summed E-state index contributed by atoms with van der Waals surface area (Å²) in [5.41, 5.74) is 3.28. The van der Waals surface area contributed by atoms with E-state index in [1.807, 2.05) is 14.1 Å². The van der Waals surface area contributed by atoms with Crippen LogP contribution in [0.4, 0.5) is 5.69 Å². The van der Waals surface area contributed by atoms with Crippen LogP contribution in [0.3, 0.4) is 0 Å². The first-order chi connectivity index (χ1) is 6.15. The minimum atomic E-state index is 0.963. The molecule has 0 aromatic heterocycles. The van der Waals surface area contributed by atoms with E-state index in [0.717, 1.165) is 11.1 Å². The standard InChI is InChI=1S/C12H15N/c1-5-10(2)11-6-8-12(9-7-11)13(3)4/h5-9H,1-2H2,3-4H3. The van der Waals surface area contributed by atoms with Gasteiger partial charge in [-0.2, -0.15) is 0 Å². The zero-order chi connectivity index (χ0) is 9.84. The average Bonchev–Trinajstić information content (AvgIpc) is 2.17. The summed E-state index contributed by atoms with van der Waals surface area (Å²) in [6.45, 7) is 7.57. The molecule has 13 heavy (non-hydrogen) atoms. The van der Waals surface area contributed by atoms with Crippen LogP contribution >= 0.6 is 0 Å². The predicted octanol–water partition coefficient (Wildman–Crippen LogP) is 2.95. The van der Waals surface area contributed by atoms with E-state index < -0.39 is 0 Å². The van der Waals surface area contributed by atoms with E-state index in [-0.39, 0.29) is 0 Å². The van der Waals surface area contributed by atoms with E-state index in [1.165, 1.54) is 5.69 Å². The van der Waals surface area contributed by atoms with Gasteiger partial charge in [0.2, 0.25) is 0 Å². The van der Waals surface area contributed by atoms with E-state index in [0.29, 0.717) is 0 Å². The van der Waals surface area contributed by atoms with Crippen LogP contribution in [0.15, 0.2) is 43.5 Å². The van der Waals surface area contributed by atoms with Gasteiger partial charge < -0.3 is 4.90 Å². The maximum atomic E-state index is 3.89. The quantitative estimate of drug-likeness (QED) is 0.635. The number of anilines is 1. The summed E-state index contributed by atoms with van der Waals surface area (Å²) < 4.78 is 0. The molecule has 0 radical (unpaired) electrons. The van der Waals surface area contributed by atoms with Crippen LogP contribution in [0.5, 0.6) is 0 Å². The molecule has 0 aliphatic heterocycles. The molecule has 0 N–H and O–H groups in total. The lowest BCUT2D eigenvalue weighted by Gasteiger charge is -2.12. The maximum Gasteiger partial charge on any atom is 0.0361 e. The van der Waals surface area contributed by atoms with Crippen LogP contribution in [0.1, 0.15) is 5.56 Å². The van der Waals surface area contributed by atoms with Gasteiger partial charge in [-0.3, -0.25) is 0 Å². The number of nitrogens with zero attached hydrogens (tertiary/aromatic N) is 1. The Hall–Kier alpha value is -1.50. The highest BCUT2D eigenvalue weighted by molar-refractivity contribution is 5.72. The molecule has 1 heteroatoms. The van der Waals surface area contributed by atoms with Crippen molar-refractivity contribution >= 4 is 11.3 Å². The highest BCUT2D eigenvalue weighted by Gasteiger charge is 1.96. The van der Waals surface area contributed by atoms with Crippen molar-refractivity contribution < 1.29 is 0 Å². The lowest BCUT2D eigenvalue weighted by Crippen LogP contribution is -2.07. The van der Waals surface area contributed by atoms with Gasteiger partial charge in [0.15, 0.2) is 0 Å². The summed E-state index contributed by atoms with van der Waals surface area (Å²) in [5, 5.41) is 0. The first-order valence-corrected chi connectivity index (χ1v) is 4.24. The van der Waals surface area contributed by atoms with Gasteiger partial charge in [-0.05, 0) is 23.3 Å². The molecule has 0 atom stereocenters. The van der Waals surface area contributed by atoms with Gasteiger partial charge in [-0.15, -0.1) is 0 Å². The van der Waals surface area contributed by atoms with Crippen LogP contribution in [-0.4, -0.2) is 14.1 Å². The molecule has 0 heterocycles. The Balaban J connectivity index is 2.93. The fourth-order valence-corrected chi connectivity index (χ4v) is 1.09. The van der Waals surface area contributed by atoms with E-state index in [9.17, 15) is 0 Å². The zero-order valence-corrected chi connectivity index (χ0v) is 8.25. The summed E-state index contributed by atoms with van der Waals surface area (Å²) in [6, 6.07) is 8.26. The summed E-state index contributed by atoms with van der Waals surface area (Å²) in [7, 11) is 4.05. The van der Waals surface area contributed by atoms with E-state index in [4.69, 9.17) is 0 Å². The Labute approximate surface area is 80.0 Å². The van der Waals surface area contributed by atoms with Crippen LogP contribution in [0.2, 0.25) is 0 Å². The minimum Gasteiger partial charge on any atom is -0.378 e. The van der Waals surface area contributed by atoms with Crippen molar-refractivity contribution in [2.45, 2.75) is 0 Å². The molecular weight excluding hydrogens is 158 g/mol. The van der Waals surface area contributed by atoms with Crippen molar-refractivity contribution in [3.63, 3.8) is 0 Å². The third-order valence-corrected chi connectivity index (χ3v) is 2.00. The SMILES string of the molecule is C=CC(=C)c1ccc(N(C)C)cc1. The second-order valence-electron chi connectivity index (χ2n) is 3.17. The first-order valence-electron chi connectivity index (χ1n) is 4.24. The predicted molar refractivity (Wildman–Crippen MR) is 60.0 cm³/mol. The average molecular weight is 173 g/mol. The summed E-state index contributed by atoms with van der Waals surface area (Å²) in [5.74, 6) is 0. The van der Waals surface area contributed by atoms with Crippen molar-refractivity contribution in [1.82, 2.24) is 0 Å². The smallest absolute Gasteiger partial charge is 0.0361 e.